The summed E-state index contributed by atoms with van der Waals surface area (Å²) in [5.74, 6) is 0.683. The lowest BCUT2D eigenvalue weighted by molar-refractivity contribution is 0.708. The number of aromatic nitrogens is 4. The van der Waals surface area contributed by atoms with E-state index in [2.05, 4.69) is 15.0 Å². The van der Waals surface area contributed by atoms with E-state index in [1.54, 1.807) is 4.57 Å². The maximum Gasteiger partial charge on any atom is 0.177 e. The minimum absolute atomic E-state index is 0.133. The Morgan fingerprint density at radius 1 is 1.00 bits per heavy atom. The second kappa shape index (κ2) is 5.10. The second-order valence-electron chi connectivity index (χ2n) is 4.72. The lowest BCUT2D eigenvalue weighted by atomic mass is 10.1. The van der Waals surface area contributed by atoms with E-state index < -0.39 is 0 Å². The molecule has 0 bridgehead atoms. The van der Waals surface area contributed by atoms with Gasteiger partial charge in [0.1, 0.15) is 30.6 Å². The summed E-state index contributed by atoms with van der Waals surface area (Å²) in [6.07, 6.45) is 8.24. The van der Waals surface area contributed by atoms with Gasteiger partial charge < -0.3 is 0 Å². The van der Waals surface area contributed by atoms with Gasteiger partial charge in [-0.05, 0) is 25.7 Å². The normalized spacial score (nSPS) is 13.9. The molecule has 0 N–H and O–H groups in total. The van der Waals surface area contributed by atoms with Crippen LogP contribution in [0.3, 0.4) is 0 Å². The van der Waals surface area contributed by atoms with Gasteiger partial charge in [0.25, 0.3) is 0 Å². The predicted octanol–water partition coefficient (Wildman–Crippen LogP) is 1.67. The first-order chi connectivity index (χ1) is 9.85. The summed E-state index contributed by atoms with van der Waals surface area (Å²) in [7, 11) is 0. The molecule has 2 aromatic rings. The second-order valence-corrected chi connectivity index (χ2v) is 4.72. The molecule has 0 saturated heterocycles. The SMILES string of the molecule is N#Cc1ncn(-c2ncnc3c2CCCCC3)c1C#N. The monoisotopic (exact) mass is 264 g/mol. The van der Waals surface area contributed by atoms with Gasteiger partial charge in [-0.2, -0.15) is 10.5 Å². The van der Waals surface area contributed by atoms with Crippen LogP contribution in [0.15, 0.2) is 12.7 Å². The molecule has 0 fully saturated rings. The van der Waals surface area contributed by atoms with Gasteiger partial charge in [-0.15, -0.1) is 0 Å². The lowest BCUT2D eigenvalue weighted by Crippen LogP contribution is -2.08. The van der Waals surface area contributed by atoms with Gasteiger partial charge in [0.05, 0.1) is 0 Å². The fourth-order valence-electron chi connectivity index (χ4n) is 2.59. The van der Waals surface area contributed by atoms with Gasteiger partial charge >= 0.3 is 0 Å². The number of hydrogen-bond acceptors (Lipinski definition) is 5. The fraction of sp³-hybridized carbons (Fsp3) is 0.357. The largest absolute Gasteiger partial charge is 0.273 e. The van der Waals surface area contributed by atoms with Crippen molar-refractivity contribution in [3.63, 3.8) is 0 Å². The van der Waals surface area contributed by atoms with Gasteiger partial charge in [0.2, 0.25) is 0 Å². The number of fused-ring (bicyclic) bond motifs is 1. The third-order valence-electron chi connectivity index (χ3n) is 3.56. The van der Waals surface area contributed by atoms with Crippen molar-refractivity contribution < 1.29 is 0 Å². The Labute approximate surface area is 116 Å². The molecule has 0 spiro atoms. The lowest BCUT2D eigenvalue weighted by Gasteiger charge is -2.11. The summed E-state index contributed by atoms with van der Waals surface area (Å²) < 4.78 is 1.60. The smallest absolute Gasteiger partial charge is 0.177 e. The highest BCUT2D eigenvalue weighted by Gasteiger charge is 2.19. The third kappa shape index (κ3) is 1.92. The van der Waals surface area contributed by atoms with E-state index in [1.807, 2.05) is 12.1 Å². The highest BCUT2D eigenvalue weighted by atomic mass is 15.1. The molecule has 2 heterocycles. The zero-order chi connectivity index (χ0) is 13.9. The van der Waals surface area contributed by atoms with Crippen LogP contribution in [0.4, 0.5) is 0 Å². The van der Waals surface area contributed by atoms with Gasteiger partial charge in [0.15, 0.2) is 11.4 Å². The van der Waals surface area contributed by atoms with Gasteiger partial charge in [-0.3, -0.25) is 4.57 Å². The van der Waals surface area contributed by atoms with Gasteiger partial charge in [-0.1, -0.05) is 6.42 Å². The zero-order valence-electron chi connectivity index (χ0n) is 10.9. The Morgan fingerprint density at radius 2 is 1.85 bits per heavy atom. The molecule has 6 nitrogen and oxygen atoms in total. The van der Waals surface area contributed by atoms with Crippen LogP contribution < -0.4 is 0 Å². The summed E-state index contributed by atoms with van der Waals surface area (Å²) in [5, 5.41) is 18.2. The van der Waals surface area contributed by atoms with Crippen LogP contribution in [0.2, 0.25) is 0 Å². The average Bonchev–Trinajstić information content (AvgIpc) is 2.74. The Bertz CT molecular complexity index is 731. The standard InChI is InChI=1S/C14H12N6/c15-6-12-13(7-16)20(9-19-12)14-10-4-2-1-3-5-11(10)17-8-18-14/h8-9H,1-5H2. The van der Waals surface area contributed by atoms with Crippen molar-refractivity contribution in [1.29, 1.82) is 10.5 Å². The zero-order valence-corrected chi connectivity index (χ0v) is 10.9. The fourth-order valence-corrected chi connectivity index (χ4v) is 2.59. The molecule has 1 aliphatic carbocycles. The molecule has 6 heteroatoms. The number of nitriles is 2. The van der Waals surface area contributed by atoms with E-state index in [0.717, 1.165) is 36.9 Å². The summed E-state index contributed by atoms with van der Waals surface area (Å²) in [4.78, 5) is 12.6. The van der Waals surface area contributed by atoms with E-state index in [-0.39, 0.29) is 11.4 Å². The first kappa shape index (κ1) is 12.3. The van der Waals surface area contributed by atoms with E-state index >= 15 is 0 Å². The molecule has 0 aromatic carbocycles. The van der Waals surface area contributed by atoms with Gasteiger partial charge in [0, 0.05) is 11.3 Å². The van der Waals surface area contributed by atoms with E-state index in [0.29, 0.717) is 5.82 Å². The predicted molar refractivity (Wildman–Crippen MR) is 69.8 cm³/mol. The van der Waals surface area contributed by atoms with E-state index in [4.69, 9.17) is 5.26 Å². The first-order valence-corrected chi connectivity index (χ1v) is 6.56. The van der Waals surface area contributed by atoms with Crippen LogP contribution in [-0.4, -0.2) is 19.5 Å². The molecular formula is C14H12N6. The molecular weight excluding hydrogens is 252 g/mol. The van der Waals surface area contributed by atoms with Crippen molar-refractivity contribution in [3.05, 3.63) is 35.3 Å². The quantitative estimate of drug-likeness (QED) is 0.731. The molecule has 0 aliphatic heterocycles. The van der Waals surface area contributed by atoms with Crippen molar-refractivity contribution in [1.82, 2.24) is 19.5 Å². The third-order valence-corrected chi connectivity index (χ3v) is 3.56. The number of imidazole rings is 1. The van der Waals surface area contributed by atoms with Crippen LogP contribution in [0.5, 0.6) is 0 Å². The van der Waals surface area contributed by atoms with Crippen molar-refractivity contribution >= 4 is 0 Å². The van der Waals surface area contributed by atoms with E-state index in [9.17, 15) is 5.26 Å². The summed E-state index contributed by atoms with van der Waals surface area (Å²) in [5.41, 5.74) is 2.48. The van der Waals surface area contributed by atoms with Crippen LogP contribution in [0.1, 0.15) is 41.9 Å². The highest BCUT2D eigenvalue weighted by molar-refractivity contribution is 5.45. The van der Waals surface area contributed by atoms with Crippen molar-refractivity contribution in [2.45, 2.75) is 32.1 Å². The number of hydrogen-bond donors (Lipinski definition) is 0. The minimum Gasteiger partial charge on any atom is -0.273 e. The number of nitrogens with zero attached hydrogens (tertiary/aromatic N) is 6. The van der Waals surface area contributed by atoms with E-state index in [1.165, 1.54) is 19.1 Å². The average molecular weight is 264 g/mol. The molecule has 0 unspecified atom stereocenters. The Balaban J connectivity index is 2.19. The van der Waals surface area contributed by atoms with Crippen molar-refractivity contribution in [2.75, 3.05) is 0 Å². The van der Waals surface area contributed by atoms with Crippen LogP contribution >= 0.6 is 0 Å². The topological polar surface area (TPSA) is 91.2 Å². The number of rotatable bonds is 1. The Kier molecular flexibility index (Phi) is 3.14. The highest BCUT2D eigenvalue weighted by Crippen LogP contribution is 2.24. The molecule has 1 aliphatic rings. The molecule has 0 radical (unpaired) electrons. The van der Waals surface area contributed by atoms with Crippen molar-refractivity contribution in [2.24, 2.45) is 0 Å². The molecule has 3 rings (SSSR count). The summed E-state index contributed by atoms with van der Waals surface area (Å²) in [6, 6.07) is 3.96. The van der Waals surface area contributed by atoms with Crippen LogP contribution in [-0.2, 0) is 12.8 Å². The first-order valence-electron chi connectivity index (χ1n) is 6.56. The van der Waals surface area contributed by atoms with Gasteiger partial charge in [-0.25, -0.2) is 15.0 Å². The Hall–Kier alpha value is -2.73. The van der Waals surface area contributed by atoms with Crippen LogP contribution in [0.25, 0.3) is 5.82 Å². The minimum atomic E-state index is 0.133. The maximum atomic E-state index is 9.23. The number of aryl methyl sites for hydroxylation is 1. The maximum absolute atomic E-state index is 9.23. The molecule has 0 saturated carbocycles. The molecule has 98 valence electrons. The van der Waals surface area contributed by atoms with Crippen LogP contribution in [0, 0.1) is 22.7 Å². The molecule has 0 atom stereocenters. The molecule has 2 aromatic heterocycles. The summed E-state index contributed by atoms with van der Waals surface area (Å²) in [6.45, 7) is 0. The van der Waals surface area contributed by atoms with Crippen molar-refractivity contribution in [3.8, 4) is 18.0 Å². The Morgan fingerprint density at radius 3 is 2.65 bits per heavy atom. The summed E-state index contributed by atoms with van der Waals surface area (Å²) >= 11 is 0. The molecule has 0 amide bonds. The molecule has 20 heavy (non-hydrogen) atoms.